The number of sulfonamides is 1. The molecule has 0 unspecified atom stereocenters. The van der Waals surface area contributed by atoms with Crippen LogP contribution in [0.2, 0.25) is 0 Å². The van der Waals surface area contributed by atoms with Crippen molar-refractivity contribution in [1.82, 2.24) is 14.6 Å². The summed E-state index contributed by atoms with van der Waals surface area (Å²) >= 11 is 0. The summed E-state index contributed by atoms with van der Waals surface area (Å²) in [6.07, 6.45) is 0.603. The maximum absolute atomic E-state index is 12.4. The van der Waals surface area contributed by atoms with E-state index in [1.54, 1.807) is 6.07 Å². The molecule has 0 amide bonds. The van der Waals surface area contributed by atoms with Crippen LogP contribution in [-0.4, -0.2) is 55.1 Å². The number of likely N-dealkylation sites (N-methyl/N-ethyl adjacent to an activating group) is 1. The van der Waals surface area contributed by atoms with Crippen LogP contribution in [0.15, 0.2) is 23.2 Å². The van der Waals surface area contributed by atoms with Crippen LogP contribution in [0.5, 0.6) is 0 Å². The maximum atomic E-state index is 12.4. The number of pyridine rings is 1. The second-order valence-corrected chi connectivity index (χ2v) is 6.24. The Morgan fingerprint density at radius 3 is 2.89 bits per heavy atom. The molecule has 0 saturated carbocycles. The fourth-order valence-corrected chi connectivity index (χ4v) is 3.51. The molecule has 1 saturated heterocycles. The van der Waals surface area contributed by atoms with E-state index in [0.717, 1.165) is 4.31 Å². The highest BCUT2D eigenvalue weighted by molar-refractivity contribution is 7.89. The predicted octanol–water partition coefficient (Wildman–Crippen LogP) is -1.09. The zero-order chi connectivity index (χ0) is 14.0. The molecule has 1 fully saturated rings. The second kappa shape index (κ2) is 5.22. The number of hydrogen-bond acceptors (Lipinski definition) is 6. The van der Waals surface area contributed by atoms with Gasteiger partial charge in [0.05, 0.1) is 12.1 Å². The summed E-state index contributed by atoms with van der Waals surface area (Å²) in [7, 11) is -2.46. The molecule has 7 nitrogen and oxygen atoms in total. The third-order valence-electron chi connectivity index (χ3n) is 3.15. The summed E-state index contributed by atoms with van der Waals surface area (Å²) in [5, 5.41) is 21.6. The zero-order valence-electron chi connectivity index (χ0n) is 10.3. The van der Waals surface area contributed by atoms with Gasteiger partial charge in [-0.05, 0) is 12.1 Å². The zero-order valence-corrected chi connectivity index (χ0v) is 11.1. The third kappa shape index (κ3) is 2.46. The van der Waals surface area contributed by atoms with Gasteiger partial charge in [0.2, 0.25) is 10.0 Å². The lowest BCUT2D eigenvalue weighted by atomic mass is 10.2. The van der Waals surface area contributed by atoms with E-state index in [2.05, 4.69) is 10.3 Å². The number of aliphatic hydroxyl groups excluding tert-OH is 1. The first-order valence-electron chi connectivity index (χ1n) is 5.70. The number of aliphatic hydroxyl groups is 1. The van der Waals surface area contributed by atoms with Crippen molar-refractivity contribution in [3.63, 3.8) is 0 Å². The fourth-order valence-electron chi connectivity index (χ4n) is 2.04. The van der Waals surface area contributed by atoms with Gasteiger partial charge in [0, 0.05) is 26.3 Å². The molecule has 2 atom stereocenters. The highest BCUT2D eigenvalue weighted by Gasteiger charge is 2.36. The Kier molecular flexibility index (Phi) is 3.82. The van der Waals surface area contributed by atoms with Gasteiger partial charge < -0.3 is 10.4 Å². The number of nitrogens with one attached hydrogen (secondary N) is 1. The third-order valence-corrected chi connectivity index (χ3v) is 5.07. The number of rotatable bonds is 3. The Bertz CT molecular complexity index is 611. The molecule has 1 aromatic heterocycles. The van der Waals surface area contributed by atoms with Crippen LogP contribution in [0.4, 0.5) is 0 Å². The van der Waals surface area contributed by atoms with Gasteiger partial charge in [-0.1, -0.05) is 0 Å². The van der Waals surface area contributed by atoms with Crippen LogP contribution < -0.4 is 5.32 Å². The monoisotopic (exact) mass is 282 g/mol. The van der Waals surface area contributed by atoms with Crippen molar-refractivity contribution in [2.75, 3.05) is 20.1 Å². The number of nitriles is 1. The largest absolute Gasteiger partial charge is 0.390 e. The summed E-state index contributed by atoms with van der Waals surface area (Å²) < 4.78 is 26.0. The standard InChI is InChI=1S/C11H14N4O3S/c1-15(9-6-13-7-10(9)16)19(17,18)11-3-2-4-14-8(11)5-12/h2-4,9-10,13,16H,6-7H2,1H3/t9-,10-/m0/s1. The first-order chi connectivity index (χ1) is 8.98. The SMILES string of the molecule is CN([C@H]1CNC[C@@H]1O)S(=O)(=O)c1cccnc1C#N. The molecule has 0 bridgehead atoms. The van der Waals surface area contributed by atoms with E-state index in [-0.39, 0.29) is 10.6 Å². The number of aromatic nitrogens is 1. The summed E-state index contributed by atoms with van der Waals surface area (Å²) in [5.74, 6) is 0. The van der Waals surface area contributed by atoms with E-state index >= 15 is 0 Å². The molecule has 1 aliphatic heterocycles. The average molecular weight is 282 g/mol. The smallest absolute Gasteiger partial charge is 0.246 e. The summed E-state index contributed by atoms with van der Waals surface area (Å²) in [4.78, 5) is 3.61. The van der Waals surface area contributed by atoms with Crippen LogP contribution in [0.1, 0.15) is 5.69 Å². The predicted molar refractivity (Wildman–Crippen MR) is 66.6 cm³/mol. The van der Waals surface area contributed by atoms with Crippen molar-refractivity contribution in [2.24, 2.45) is 0 Å². The quantitative estimate of drug-likeness (QED) is 0.729. The molecule has 8 heteroatoms. The minimum atomic E-state index is -3.85. The van der Waals surface area contributed by atoms with E-state index in [0.29, 0.717) is 13.1 Å². The highest BCUT2D eigenvalue weighted by atomic mass is 32.2. The number of β-amino-alcohol motifs (C(OH)–C–C–N with tert-alkyl or cyclic N) is 1. The minimum Gasteiger partial charge on any atom is -0.390 e. The summed E-state index contributed by atoms with van der Waals surface area (Å²) in [6.45, 7) is 0.724. The highest BCUT2D eigenvalue weighted by Crippen LogP contribution is 2.21. The molecule has 19 heavy (non-hydrogen) atoms. The molecular weight excluding hydrogens is 268 g/mol. The molecular formula is C11H14N4O3S. The molecule has 2 N–H and O–H groups in total. The maximum Gasteiger partial charge on any atom is 0.246 e. The topological polar surface area (TPSA) is 106 Å². The van der Waals surface area contributed by atoms with E-state index in [1.165, 1.54) is 25.4 Å². The van der Waals surface area contributed by atoms with Crippen LogP contribution in [0.3, 0.4) is 0 Å². The van der Waals surface area contributed by atoms with Crippen LogP contribution in [0.25, 0.3) is 0 Å². The number of hydrogen-bond donors (Lipinski definition) is 2. The lowest BCUT2D eigenvalue weighted by Gasteiger charge is -2.25. The van der Waals surface area contributed by atoms with Crippen molar-refractivity contribution in [3.05, 3.63) is 24.0 Å². The molecule has 0 aliphatic carbocycles. The normalized spacial score (nSPS) is 23.5. The van der Waals surface area contributed by atoms with Gasteiger partial charge in [-0.15, -0.1) is 0 Å². The Labute approximate surface area is 111 Å². The molecule has 102 valence electrons. The van der Waals surface area contributed by atoms with Crippen LogP contribution in [-0.2, 0) is 10.0 Å². The fraction of sp³-hybridized carbons (Fsp3) is 0.455. The van der Waals surface area contributed by atoms with Gasteiger partial charge in [-0.3, -0.25) is 0 Å². The summed E-state index contributed by atoms with van der Waals surface area (Å²) in [6, 6.07) is 4.02. The Morgan fingerprint density at radius 1 is 1.58 bits per heavy atom. The van der Waals surface area contributed by atoms with E-state index in [4.69, 9.17) is 5.26 Å². The van der Waals surface area contributed by atoms with Crippen molar-refractivity contribution < 1.29 is 13.5 Å². The molecule has 2 rings (SSSR count). The molecule has 1 aromatic rings. The van der Waals surface area contributed by atoms with Crippen LogP contribution >= 0.6 is 0 Å². The van der Waals surface area contributed by atoms with Crippen molar-refractivity contribution in [1.29, 1.82) is 5.26 Å². The molecule has 0 radical (unpaired) electrons. The molecule has 2 heterocycles. The lowest BCUT2D eigenvalue weighted by molar-refractivity contribution is 0.136. The Morgan fingerprint density at radius 2 is 2.32 bits per heavy atom. The van der Waals surface area contributed by atoms with Gasteiger partial charge in [-0.2, -0.15) is 9.57 Å². The number of nitrogens with zero attached hydrogens (tertiary/aromatic N) is 3. The Hall–Kier alpha value is -1.53. The Balaban J connectivity index is 2.40. The van der Waals surface area contributed by atoms with E-state index in [1.807, 2.05) is 0 Å². The molecule has 0 spiro atoms. The van der Waals surface area contributed by atoms with Gasteiger partial charge in [-0.25, -0.2) is 13.4 Å². The first-order valence-corrected chi connectivity index (χ1v) is 7.14. The first kappa shape index (κ1) is 13.9. The van der Waals surface area contributed by atoms with Gasteiger partial charge in [0.1, 0.15) is 11.0 Å². The van der Waals surface area contributed by atoms with E-state index in [9.17, 15) is 13.5 Å². The second-order valence-electron chi connectivity index (χ2n) is 4.28. The molecule has 0 aromatic carbocycles. The van der Waals surface area contributed by atoms with Crippen molar-refractivity contribution in [2.45, 2.75) is 17.0 Å². The van der Waals surface area contributed by atoms with Gasteiger partial charge >= 0.3 is 0 Å². The van der Waals surface area contributed by atoms with Crippen LogP contribution in [0, 0.1) is 11.3 Å². The van der Waals surface area contributed by atoms with Gasteiger partial charge in [0.25, 0.3) is 0 Å². The van der Waals surface area contributed by atoms with Crippen molar-refractivity contribution >= 4 is 10.0 Å². The lowest BCUT2D eigenvalue weighted by Crippen LogP contribution is -2.44. The van der Waals surface area contributed by atoms with Crippen molar-refractivity contribution in [3.8, 4) is 6.07 Å². The summed E-state index contributed by atoms with van der Waals surface area (Å²) in [5.41, 5.74) is -0.144. The van der Waals surface area contributed by atoms with Gasteiger partial charge in [0.15, 0.2) is 5.69 Å². The minimum absolute atomic E-state index is 0.140. The molecule has 1 aliphatic rings. The average Bonchev–Trinajstić information content (AvgIpc) is 2.83. The van der Waals surface area contributed by atoms with E-state index < -0.39 is 22.2 Å².